The van der Waals surface area contributed by atoms with Gasteiger partial charge in [0.05, 0.1) is 6.61 Å². The van der Waals surface area contributed by atoms with Gasteiger partial charge in [0, 0.05) is 11.4 Å². The van der Waals surface area contributed by atoms with E-state index in [9.17, 15) is 9.18 Å². The molecular formula is C16H14ClFO2. The molecule has 0 aromatic heterocycles. The minimum absolute atomic E-state index is 0.0308. The zero-order chi connectivity index (χ0) is 14.4. The van der Waals surface area contributed by atoms with Crippen molar-refractivity contribution in [2.45, 2.75) is 13.0 Å². The lowest BCUT2D eigenvalue weighted by atomic mass is 10.1. The summed E-state index contributed by atoms with van der Waals surface area (Å²) in [5.74, 6) is -0.511. The highest BCUT2D eigenvalue weighted by Crippen LogP contribution is 2.11. The molecule has 0 unspecified atom stereocenters. The first-order valence-electron chi connectivity index (χ1n) is 6.22. The number of carbonyl (C=O) groups excluding carboxylic acids is 1. The van der Waals surface area contributed by atoms with Crippen LogP contribution in [0.1, 0.15) is 11.1 Å². The Hall–Kier alpha value is -1.71. The van der Waals surface area contributed by atoms with Gasteiger partial charge in [0.15, 0.2) is 5.78 Å². The van der Waals surface area contributed by atoms with Gasteiger partial charge in [-0.25, -0.2) is 4.39 Å². The molecule has 20 heavy (non-hydrogen) atoms. The van der Waals surface area contributed by atoms with Crippen LogP contribution < -0.4 is 0 Å². The van der Waals surface area contributed by atoms with Crippen LogP contribution in [0.2, 0.25) is 5.02 Å². The molecule has 2 aromatic carbocycles. The molecule has 0 N–H and O–H groups in total. The summed E-state index contributed by atoms with van der Waals surface area (Å²) in [6.07, 6.45) is 0.0489. The molecule has 0 saturated heterocycles. The summed E-state index contributed by atoms with van der Waals surface area (Å²) >= 11 is 5.77. The van der Waals surface area contributed by atoms with Crippen molar-refractivity contribution in [3.8, 4) is 0 Å². The van der Waals surface area contributed by atoms with Gasteiger partial charge in [0.25, 0.3) is 0 Å². The minimum Gasteiger partial charge on any atom is -0.369 e. The second kappa shape index (κ2) is 7.17. The van der Waals surface area contributed by atoms with Gasteiger partial charge >= 0.3 is 0 Å². The van der Waals surface area contributed by atoms with E-state index in [4.69, 9.17) is 16.3 Å². The van der Waals surface area contributed by atoms with Gasteiger partial charge in [-0.2, -0.15) is 0 Å². The Labute approximate surface area is 122 Å². The molecule has 0 aliphatic heterocycles. The summed E-state index contributed by atoms with van der Waals surface area (Å²) in [6.45, 7) is 0.303. The summed E-state index contributed by atoms with van der Waals surface area (Å²) in [6, 6.07) is 13.5. The van der Waals surface area contributed by atoms with Gasteiger partial charge in [-0.15, -0.1) is 0 Å². The predicted octanol–water partition coefficient (Wildman–Crippen LogP) is 3.81. The van der Waals surface area contributed by atoms with E-state index in [1.165, 1.54) is 6.07 Å². The quantitative estimate of drug-likeness (QED) is 0.809. The first kappa shape index (κ1) is 14.7. The van der Waals surface area contributed by atoms with Crippen molar-refractivity contribution in [1.29, 1.82) is 0 Å². The number of benzene rings is 2. The second-order valence-electron chi connectivity index (χ2n) is 4.43. The van der Waals surface area contributed by atoms with Gasteiger partial charge < -0.3 is 4.74 Å². The molecule has 2 rings (SSSR count). The molecule has 0 spiro atoms. The van der Waals surface area contributed by atoms with Crippen LogP contribution >= 0.6 is 11.6 Å². The topological polar surface area (TPSA) is 26.3 Å². The first-order chi connectivity index (χ1) is 9.65. The van der Waals surface area contributed by atoms with E-state index in [0.29, 0.717) is 17.2 Å². The third kappa shape index (κ3) is 4.44. The standard InChI is InChI=1S/C16H14ClFO2/c17-14-7-5-12(6-8-14)10-20-11-15(19)9-13-3-1-2-4-16(13)18/h1-8H,9-11H2. The molecular weight excluding hydrogens is 279 g/mol. The lowest BCUT2D eigenvalue weighted by Gasteiger charge is -2.05. The third-order valence-corrected chi connectivity index (χ3v) is 3.04. The Morgan fingerprint density at radius 1 is 1.10 bits per heavy atom. The van der Waals surface area contributed by atoms with E-state index < -0.39 is 0 Å². The molecule has 104 valence electrons. The van der Waals surface area contributed by atoms with Gasteiger partial charge in [-0.3, -0.25) is 4.79 Å². The van der Waals surface area contributed by atoms with E-state index >= 15 is 0 Å². The number of ketones is 1. The summed E-state index contributed by atoms with van der Waals surface area (Å²) in [7, 11) is 0. The summed E-state index contributed by atoms with van der Waals surface area (Å²) < 4.78 is 18.7. The Bertz CT molecular complexity index is 581. The Morgan fingerprint density at radius 3 is 2.50 bits per heavy atom. The molecule has 4 heteroatoms. The predicted molar refractivity (Wildman–Crippen MR) is 76.2 cm³/mol. The lowest BCUT2D eigenvalue weighted by Crippen LogP contribution is -2.12. The smallest absolute Gasteiger partial charge is 0.162 e. The largest absolute Gasteiger partial charge is 0.369 e. The molecule has 0 fully saturated rings. The summed E-state index contributed by atoms with van der Waals surface area (Å²) in [5.41, 5.74) is 1.33. The van der Waals surface area contributed by atoms with Crippen LogP contribution in [0.15, 0.2) is 48.5 Å². The molecule has 2 nitrogen and oxygen atoms in total. The molecule has 2 aromatic rings. The zero-order valence-electron chi connectivity index (χ0n) is 10.8. The highest BCUT2D eigenvalue weighted by Gasteiger charge is 2.07. The molecule has 0 atom stereocenters. The Morgan fingerprint density at radius 2 is 1.80 bits per heavy atom. The molecule has 0 radical (unpaired) electrons. The Balaban J connectivity index is 1.78. The maximum atomic E-state index is 13.4. The molecule has 0 amide bonds. The van der Waals surface area contributed by atoms with Gasteiger partial charge in [0.2, 0.25) is 0 Å². The van der Waals surface area contributed by atoms with E-state index in [-0.39, 0.29) is 24.6 Å². The highest BCUT2D eigenvalue weighted by atomic mass is 35.5. The molecule has 0 aliphatic carbocycles. The minimum atomic E-state index is -0.362. The van der Waals surface area contributed by atoms with Crippen molar-refractivity contribution in [2.24, 2.45) is 0 Å². The lowest BCUT2D eigenvalue weighted by molar-refractivity contribution is -0.123. The maximum absolute atomic E-state index is 13.4. The van der Waals surface area contributed by atoms with Crippen molar-refractivity contribution in [2.75, 3.05) is 6.61 Å². The molecule has 0 heterocycles. The molecule has 0 aliphatic rings. The van der Waals surface area contributed by atoms with Gasteiger partial charge in [-0.05, 0) is 29.3 Å². The first-order valence-corrected chi connectivity index (χ1v) is 6.60. The van der Waals surface area contributed by atoms with Crippen molar-refractivity contribution in [1.82, 2.24) is 0 Å². The van der Waals surface area contributed by atoms with Crippen molar-refractivity contribution in [3.63, 3.8) is 0 Å². The van der Waals surface area contributed by atoms with Crippen LogP contribution in [0.5, 0.6) is 0 Å². The van der Waals surface area contributed by atoms with Crippen LogP contribution in [0.3, 0.4) is 0 Å². The van der Waals surface area contributed by atoms with Crippen LogP contribution in [-0.2, 0) is 22.6 Å². The number of hydrogen-bond donors (Lipinski definition) is 0. The van der Waals surface area contributed by atoms with Crippen molar-refractivity contribution < 1.29 is 13.9 Å². The fraction of sp³-hybridized carbons (Fsp3) is 0.188. The third-order valence-electron chi connectivity index (χ3n) is 2.79. The Kier molecular flexibility index (Phi) is 5.27. The average Bonchev–Trinajstić information content (AvgIpc) is 2.44. The number of carbonyl (C=O) groups is 1. The fourth-order valence-corrected chi connectivity index (χ4v) is 1.89. The summed E-state index contributed by atoms with van der Waals surface area (Å²) in [5, 5.41) is 0.657. The van der Waals surface area contributed by atoms with Gasteiger partial charge in [-0.1, -0.05) is 41.9 Å². The number of halogens is 2. The normalized spacial score (nSPS) is 10.5. The highest BCUT2D eigenvalue weighted by molar-refractivity contribution is 6.30. The van der Waals surface area contributed by atoms with Crippen molar-refractivity contribution >= 4 is 17.4 Å². The fourth-order valence-electron chi connectivity index (χ4n) is 1.77. The van der Waals surface area contributed by atoms with E-state index in [0.717, 1.165) is 5.56 Å². The number of hydrogen-bond acceptors (Lipinski definition) is 2. The number of rotatable bonds is 6. The van der Waals surface area contributed by atoms with Crippen molar-refractivity contribution in [3.05, 3.63) is 70.5 Å². The van der Waals surface area contributed by atoms with E-state index in [1.807, 2.05) is 12.1 Å². The average molecular weight is 293 g/mol. The van der Waals surface area contributed by atoms with Gasteiger partial charge in [0.1, 0.15) is 12.4 Å². The number of Topliss-reactive ketones (excluding diaryl/α,β-unsaturated/α-hetero) is 1. The molecule has 0 saturated carbocycles. The maximum Gasteiger partial charge on any atom is 0.162 e. The van der Waals surface area contributed by atoms with E-state index in [2.05, 4.69) is 0 Å². The van der Waals surface area contributed by atoms with Crippen LogP contribution in [-0.4, -0.2) is 12.4 Å². The second-order valence-corrected chi connectivity index (χ2v) is 4.86. The monoisotopic (exact) mass is 292 g/mol. The van der Waals surface area contributed by atoms with Crippen LogP contribution in [0.4, 0.5) is 4.39 Å². The van der Waals surface area contributed by atoms with Crippen LogP contribution in [0, 0.1) is 5.82 Å². The number of ether oxygens (including phenoxy) is 1. The zero-order valence-corrected chi connectivity index (χ0v) is 11.6. The van der Waals surface area contributed by atoms with Crippen LogP contribution in [0.25, 0.3) is 0 Å². The summed E-state index contributed by atoms with van der Waals surface area (Å²) in [4.78, 5) is 11.7. The van der Waals surface area contributed by atoms with E-state index in [1.54, 1.807) is 30.3 Å². The molecule has 0 bridgehead atoms. The SMILES string of the molecule is O=C(COCc1ccc(Cl)cc1)Cc1ccccc1F.